The molecule has 0 aliphatic heterocycles. The molecule has 0 spiro atoms. The van der Waals surface area contributed by atoms with Gasteiger partial charge in [0, 0.05) is 12.1 Å². The van der Waals surface area contributed by atoms with E-state index in [0.717, 1.165) is 12.8 Å². The maximum atomic E-state index is 9.02. The van der Waals surface area contributed by atoms with Gasteiger partial charge in [0.1, 0.15) is 0 Å². The molecule has 2 atom stereocenters. The topological polar surface area (TPSA) is 32.3 Å². The minimum atomic E-state index is 0.176. The van der Waals surface area contributed by atoms with Gasteiger partial charge in [-0.05, 0) is 32.3 Å². The van der Waals surface area contributed by atoms with E-state index in [2.05, 4.69) is 43.4 Å². The lowest BCUT2D eigenvalue weighted by Crippen LogP contribution is -2.39. The van der Waals surface area contributed by atoms with Crippen molar-refractivity contribution in [1.82, 2.24) is 5.32 Å². The van der Waals surface area contributed by atoms with Crippen molar-refractivity contribution < 1.29 is 5.11 Å². The number of benzene rings is 1. The lowest BCUT2D eigenvalue weighted by Gasteiger charge is -2.21. The Balaban J connectivity index is 2.52. The minimum Gasteiger partial charge on any atom is -0.395 e. The summed E-state index contributed by atoms with van der Waals surface area (Å²) in [6.45, 7) is 6.49. The summed E-state index contributed by atoms with van der Waals surface area (Å²) >= 11 is 0. The van der Waals surface area contributed by atoms with Crippen LogP contribution in [0.1, 0.15) is 31.4 Å². The average Bonchev–Trinajstić information content (AvgIpc) is 2.30. The Labute approximate surface area is 98.7 Å². The highest BCUT2D eigenvalue weighted by Crippen LogP contribution is 2.08. The molecular weight excluding hydrogens is 198 g/mol. The predicted octanol–water partition coefficient (Wildman–Crippen LogP) is 2.29. The number of aliphatic hydroxyl groups excluding tert-OH is 1. The van der Waals surface area contributed by atoms with E-state index >= 15 is 0 Å². The lowest BCUT2D eigenvalue weighted by molar-refractivity contribution is 0.239. The van der Waals surface area contributed by atoms with Gasteiger partial charge in [-0.1, -0.05) is 36.8 Å². The Morgan fingerprint density at radius 1 is 1.25 bits per heavy atom. The first-order chi connectivity index (χ1) is 7.65. The first kappa shape index (κ1) is 13.2. The summed E-state index contributed by atoms with van der Waals surface area (Å²) in [4.78, 5) is 0. The first-order valence-electron chi connectivity index (χ1n) is 6.08. The van der Waals surface area contributed by atoms with Crippen LogP contribution in [0, 0.1) is 6.92 Å². The number of nitrogens with one attached hydrogen (secondary N) is 1. The van der Waals surface area contributed by atoms with Gasteiger partial charge in [0.05, 0.1) is 6.61 Å². The second-order valence-electron chi connectivity index (χ2n) is 4.55. The third-order valence-corrected chi connectivity index (χ3v) is 2.89. The predicted molar refractivity (Wildman–Crippen MR) is 68.6 cm³/mol. The van der Waals surface area contributed by atoms with Gasteiger partial charge in [0.2, 0.25) is 0 Å². The molecule has 0 saturated heterocycles. The van der Waals surface area contributed by atoms with E-state index in [-0.39, 0.29) is 12.6 Å². The number of aliphatic hydroxyl groups is 1. The summed E-state index contributed by atoms with van der Waals surface area (Å²) in [5.41, 5.74) is 2.66. The van der Waals surface area contributed by atoms with E-state index in [1.165, 1.54) is 11.1 Å². The quantitative estimate of drug-likeness (QED) is 0.772. The van der Waals surface area contributed by atoms with Crippen molar-refractivity contribution in [3.63, 3.8) is 0 Å². The third kappa shape index (κ3) is 4.33. The summed E-state index contributed by atoms with van der Waals surface area (Å²) in [5.74, 6) is 0. The van der Waals surface area contributed by atoms with Crippen molar-refractivity contribution in [2.24, 2.45) is 0 Å². The van der Waals surface area contributed by atoms with Crippen LogP contribution in [0.5, 0.6) is 0 Å². The van der Waals surface area contributed by atoms with Crippen LogP contribution in [-0.4, -0.2) is 23.8 Å². The molecule has 0 amide bonds. The van der Waals surface area contributed by atoms with Crippen molar-refractivity contribution >= 4 is 0 Å². The Hall–Kier alpha value is -0.860. The molecule has 1 aromatic carbocycles. The van der Waals surface area contributed by atoms with E-state index in [1.54, 1.807) is 0 Å². The van der Waals surface area contributed by atoms with E-state index in [4.69, 9.17) is 5.11 Å². The van der Waals surface area contributed by atoms with E-state index in [0.29, 0.717) is 6.04 Å². The molecule has 0 saturated carbocycles. The van der Waals surface area contributed by atoms with Crippen LogP contribution in [0.25, 0.3) is 0 Å². The second kappa shape index (κ2) is 6.66. The van der Waals surface area contributed by atoms with Crippen LogP contribution in [0.15, 0.2) is 24.3 Å². The van der Waals surface area contributed by atoms with Crippen molar-refractivity contribution in [1.29, 1.82) is 0 Å². The van der Waals surface area contributed by atoms with Gasteiger partial charge in [-0.3, -0.25) is 0 Å². The highest BCUT2D eigenvalue weighted by Gasteiger charge is 2.09. The minimum absolute atomic E-state index is 0.176. The molecule has 1 unspecified atom stereocenters. The van der Waals surface area contributed by atoms with Crippen LogP contribution < -0.4 is 5.32 Å². The van der Waals surface area contributed by atoms with Gasteiger partial charge in [-0.15, -0.1) is 0 Å². The maximum absolute atomic E-state index is 9.02. The van der Waals surface area contributed by atoms with Gasteiger partial charge in [-0.2, -0.15) is 0 Å². The molecule has 0 fully saturated rings. The Bertz CT molecular complexity index is 294. The van der Waals surface area contributed by atoms with Crippen molar-refractivity contribution in [3.8, 4) is 0 Å². The Morgan fingerprint density at radius 2 is 1.88 bits per heavy atom. The molecule has 2 nitrogen and oxygen atoms in total. The van der Waals surface area contributed by atoms with E-state index in [1.807, 2.05) is 6.92 Å². The molecule has 1 aromatic rings. The molecule has 2 heteroatoms. The van der Waals surface area contributed by atoms with Crippen molar-refractivity contribution in [3.05, 3.63) is 35.4 Å². The molecule has 0 aromatic heterocycles. The molecule has 0 heterocycles. The fourth-order valence-electron chi connectivity index (χ4n) is 1.78. The summed E-state index contributed by atoms with van der Waals surface area (Å²) in [5, 5.41) is 12.4. The first-order valence-corrected chi connectivity index (χ1v) is 6.08. The number of aryl methyl sites for hydroxylation is 1. The molecule has 1 rings (SSSR count). The van der Waals surface area contributed by atoms with Gasteiger partial charge >= 0.3 is 0 Å². The molecule has 0 aliphatic rings. The van der Waals surface area contributed by atoms with Gasteiger partial charge in [0.15, 0.2) is 0 Å². The van der Waals surface area contributed by atoms with Gasteiger partial charge in [0.25, 0.3) is 0 Å². The average molecular weight is 221 g/mol. The standard InChI is InChI=1S/C14H23NO/c1-4-14(15-12(3)10-16)9-13-7-5-11(2)6-8-13/h5-8,12,14-16H,4,9-10H2,1-3H3/t12-,14?/m1/s1. The zero-order valence-corrected chi connectivity index (χ0v) is 10.5. The van der Waals surface area contributed by atoms with Crippen LogP contribution in [-0.2, 0) is 6.42 Å². The second-order valence-corrected chi connectivity index (χ2v) is 4.55. The normalized spacial score (nSPS) is 14.8. The highest BCUT2D eigenvalue weighted by molar-refractivity contribution is 5.22. The van der Waals surface area contributed by atoms with E-state index < -0.39 is 0 Å². The van der Waals surface area contributed by atoms with Crippen LogP contribution in [0.4, 0.5) is 0 Å². The highest BCUT2D eigenvalue weighted by atomic mass is 16.3. The number of hydrogen-bond donors (Lipinski definition) is 2. The zero-order valence-electron chi connectivity index (χ0n) is 10.5. The maximum Gasteiger partial charge on any atom is 0.0582 e. The molecule has 2 N–H and O–H groups in total. The number of rotatable bonds is 6. The Morgan fingerprint density at radius 3 is 2.38 bits per heavy atom. The molecule has 0 bridgehead atoms. The Kier molecular flexibility index (Phi) is 5.50. The fraction of sp³-hybridized carbons (Fsp3) is 0.571. The lowest BCUT2D eigenvalue weighted by atomic mass is 10.0. The molecule has 16 heavy (non-hydrogen) atoms. The van der Waals surface area contributed by atoms with Crippen molar-refractivity contribution in [2.75, 3.05) is 6.61 Å². The van der Waals surface area contributed by atoms with E-state index in [9.17, 15) is 0 Å². The largest absolute Gasteiger partial charge is 0.395 e. The summed E-state index contributed by atoms with van der Waals surface area (Å²) in [6.07, 6.45) is 2.11. The summed E-state index contributed by atoms with van der Waals surface area (Å²) in [7, 11) is 0. The SMILES string of the molecule is CCC(Cc1ccc(C)cc1)N[C@H](C)CO. The summed E-state index contributed by atoms with van der Waals surface area (Å²) in [6, 6.07) is 9.29. The number of hydrogen-bond acceptors (Lipinski definition) is 2. The molecule has 0 radical (unpaired) electrons. The van der Waals surface area contributed by atoms with Gasteiger partial charge in [-0.25, -0.2) is 0 Å². The monoisotopic (exact) mass is 221 g/mol. The van der Waals surface area contributed by atoms with Crippen LogP contribution in [0.2, 0.25) is 0 Å². The van der Waals surface area contributed by atoms with Crippen molar-refractivity contribution in [2.45, 2.75) is 45.7 Å². The zero-order chi connectivity index (χ0) is 12.0. The molecule has 0 aliphatic carbocycles. The summed E-state index contributed by atoms with van der Waals surface area (Å²) < 4.78 is 0. The fourth-order valence-corrected chi connectivity index (χ4v) is 1.78. The molecular formula is C14H23NO. The van der Waals surface area contributed by atoms with Gasteiger partial charge < -0.3 is 10.4 Å². The molecule has 90 valence electrons. The smallest absolute Gasteiger partial charge is 0.0582 e. The van der Waals surface area contributed by atoms with Crippen LogP contribution in [0.3, 0.4) is 0 Å². The van der Waals surface area contributed by atoms with Crippen LogP contribution >= 0.6 is 0 Å². The third-order valence-electron chi connectivity index (χ3n) is 2.89.